The minimum atomic E-state index is 0.0254. The van der Waals surface area contributed by atoms with Gasteiger partial charge in [-0.3, -0.25) is 0 Å². The Morgan fingerprint density at radius 3 is 2.61 bits per heavy atom. The smallest absolute Gasteiger partial charge is 0.256 e. The molecular weight excluding hydrogens is 273 g/mol. The van der Waals surface area contributed by atoms with Crippen LogP contribution in [0, 0.1) is 0 Å². The normalized spacial score (nSPS) is 10.3. The van der Waals surface area contributed by atoms with Gasteiger partial charge in [-0.05, 0) is 30.0 Å². The lowest BCUT2D eigenvalue weighted by Gasteiger charge is -2.05. The fraction of sp³-hybridized carbons (Fsp3) is 0.250. The van der Waals surface area contributed by atoms with E-state index in [9.17, 15) is 0 Å². The SMILES string of the molecule is Clc1nnc(Cl)c(OCCCc2ccccc2)n1. The number of aromatic nitrogens is 3. The van der Waals surface area contributed by atoms with Crippen molar-refractivity contribution in [2.24, 2.45) is 0 Å². The molecule has 0 saturated carbocycles. The van der Waals surface area contributed by atoms with Crippen molar-refractivity contribution in [3.8, 4) is 5.88 Å². The summed E-state index contributed by atoms with van der Waals surface area (Å²) in [5.41, 5.74) is 1.27. The molecule has 0 amide bonds. The number of hydrogen-bond donors (Lipinski definition) is 0. The first-order valence-electron chi connectivity index (χ1n) is 5.48. The van der Waals surface area contributed by atoms with Gasteiger partial charge in [0, 0.05) is 0 Å². The molecule has 18 heavy (non-hydrogen) atoms. The molecule has 6 heteroatoms. The topological polar surface area (TPSA) is 47.9 Å². The van der Waals surface area contributed by atoms with Crippen LogP contribution in [-0.2, 0) is 6.42 Å². The quantitative estimate of drug-likeness (QED) is 0.791. The number of nitrogens with zero attached hydrogens (tertiary/aromatic N) is 3. The van der Waals surface area contributed by atoms with Crippen molar-refractivity contribution in [3.63, 3.8) is 0 Å². The number of halogens is 2. The first-order valence-corrected chi connectivity index (χ1v) is 6.24. The average Bonchev–Trinajstić information content (AvgIpc) is 2.40. The predicted molar refractivity (Wildman–Crippen MR) is 70.1 cm³/mol. The van der Waals surface area contributed by atoms with Gasteiger partial charge in [0.15, 0.2) is 0 Å². The number of ether oxygens (including phenoxy) is 1. The van der Waals surface area contributed by atoms with E-state index in [2.05, 4.69) is 27.3 Å². The second kappa shape index (κ2) is 6.52. The van der Waals surface area contributed by atoms with Crippen molar-refractivity contribution in [2.45, 2.75) is 12.8 Å². The predicted octanol–water partition coefficient (Wildman–Crippen LogP) is 3.19. The molecule has 0 aliphatic carbocycles. The van der Waals surface area contributed by atoms with Crippen molar-refractivity contribution in [1.82, 2.24) is 15.2 Å². The molecular formula is C12H11Cl2N3O. The lowest BCUT2D eigenvalue weighted by Crippen LogP contribution is -2.03. The van der Waals surface area contributed by atoms with Gasteiger partial charge >= 0.3 is 0 Å². The number of aryl methyl sites for hydroxylation is 1. The molecule has 0 aliphatic rings. The third kappa shape index (κ3) is 3.82. The van der Waals surface area contributed by atoms with Crippen LogP contribution in [0.1, 0.15) is 12.0 Å². The summed E-state index contributed by atoms with van der Waals surface area (Å²) in [5, 5.41) is 7.27. The minimum absolute atomic E-state index is 0.0254. The summed E-state index contributed by atoms with van der Waals surface area (Å²) in [6, 6.07) is 10.2. The fourth-order valence-electron chi connectivity index (χ4n) is 1.46. The van der Waals surface area contributed by atoms with Crippen LogP contribution >= 0.6 is 23.2 Å². The summed E-state index contributed by atoms with van der Waals surface area (Å²) < 4.78 is 5.41. The average molecular weight is 284 g/mol. The van der Waals surface area contributed by atoms with E-state index < -0.39 is 0 Å². The van der Waals surface area contributed by atoms with E-state index >= 15 is 0 Å². The van der Waals surface area contributed by atoms with Crippen molar-refractivity contribution < 1.29 is 4.74 Å². The summed E-state index contributed by atoms with van der Waals surface area (Å²) in [5.74, 6) is 0.227. The molecule has 2 aromatic rings. The van der Waals surface area contributed by atoms with Crippen LogP contribution in [0.2, 0.25) is 10.4 Å². The monoisotopic (exact) mass is 283 g/mol. The van der Waals surface area contributed by atoms with Gasteiger partial charge in [-0.15, -0.1) is 10.2 Å². The molecule has 0 spiro atoms. The Morgan fingerprint density at radius 1 is 1.06 bits per heavy atom. The van der Waals surface area contributed by atoms with Crippen molar-refractivity contribution in [1.29, 1.82) is 0 Å². The van der Waals surface area contributed by atoms with Crippen LogP contribution < -0.4 is 4.74 Å². The highest BCUT2D eigenvalue weighted by molar-refractivity contribution is 6.31. The van der Waals surface area contributed by atoms with Crippen LogP contribution in [0.3, 0.4) is 0 Å². The minimum Gasteiger partial charge on any atom is -0.475 e. The molecule has 0 bridgehead atoms. The Bertz CT molecular complexity index is 508. The maximum absolute atomic E-state index is 5.77. The molecule has 0 fully saturated rings. The summed E-state index contributed by atoms with van der Waals surface area (Å²) in [6.45, 7) is 0.504. The van der Waals surface area contributed by atoms with Gasteiger partial charge in [-0.2, -0.15) is 4.98 Å². The van der Waals surface area contributed by atoms with E-state index in [-0.39, 0.29) is 16.3 Å². The first kappa shape index (κ1) is 13.1. The number of hydrogen-bond acceptors (Lipinski definition) is 4. The largest absolute Gasteiger partial charge is 0.475 e. The molecule has 0 atom stereocenters. The fourth-order valence-corrected chi connectivity index (χ4v) is 1.71. The third-order valence-corrected chi connectivity index (χ3v) is 2.68. The third-order valence-electron chi connectivity index (χ3n) is 2.28. The van der Waals surface area contributed by atoms with E-state index in [0.29, 0.717) is 6.61 Å². The Balaban J connectivity index is 1.80. The van der Waals surface area contributed by atoms with Crippen molar-refractivity contribution in [2.75, 3.05) is 6.61 Å². The van der Waals surface area contributed by atoms with Crippen molar-refractivity contribution in [3.05, 3.63) is 46.3 Å². The maximum atomic E-state index is 5.77. The lowest BCUT2D eigenvalue weighted by molar-refractivity contribution is 0.297. The Kier molecular flexibility index (Phi) is 4.73. The molecule has 1 aromatic heterocycles. The van der Waals surface area contributed by atoms with Crippen LogP contribution in [0.25, 0.3) is 0 Å². The van der Waals surface area contributed by atoms with Gasteiger partial charge in [0.1, 0.15) is 0 Å². The van der Waals surface area contributed by atoms with Gasteiger partial charge < -0.3 is 4.74 Å². The highest BCUT2D eigenvalue weighted by atomic mass is 35.5. The summed E-state index contributed by atoms with van der Waals surface area (Å²) >= 11 is 11.4. The van der Waals surface area contributed by atoms with Crippen LogP contribution in [0.15, 0.2) is 30.3 Å². The van der Waals surface area contributed by atoms with Gasteiger partial charge in [0.05, 0.1) is 6.61 Å². The van der Waals surface area contributed by atoms with Gasteiger partial charge in [-0.25, -0.2) is 0 Å². The molecule has 0 aliphatic heterocycles. The van der Waals surface area contributed by atoms with E-state index in [1.165, 1.54) is 5.56 Å². The van der Waals surface area contributed by atoms with Crippen LogP contribution in [-0.4, -0.2) is 21.8 Å². The Morgan fingerprint density at radius 2 is 1.83 bits per heavy atom. The summed E-state index contributed by atoms with van der Waals surface area (Å²) in [6.07, 6.45) is 1.80. The molecule has 1 aromatic carbocycles. The molecule has 4 nitrogen and oxygen atoms in total. The first-order chi connectivity index (χ1) is 8.75. The zero-order valence-corrected chi connectivity index (χ0v) is 11.0. The summed E-state index contributed by atoms with van der Waals surface area (Å²) in [4.78, 5) is 3.85. The highest BCUT2D eigenvalue weighted by Crippen LogP contribution is 2.19. The second-order valence-corrected chi connectivity index (χ2v) is 4.31. The van der Waals surface area contributed by atoms with E-state index in [1.54, 1.807) is 0 Å². The number of benzene rings is 1. The van der Waals surface area contributed by atoms with Gasteiger partial charge in [0.25, 0.3) is 5.88 Å². The molecule has 94 valence electrons. The standard InChI is InChI=1S/C12H11Cl2N3O/c13-10-11(15-12(14)17-16-10)18-8-4-7-9-5-2-1-3-6-9/h1-3,5-6H,4,7-8H2. The molecule has 0 saturated heterocycles. The zero-order valence-electron chi connectivity index (χ0n) is 9.51. The van der Waals surface area contributed by atoms with E-state index in [4.69, 9.17) is 27.9 Å². The Labute approximate surface area is 115 Å². The molecule has 0 N–H and O–H groups in total. The van der Waals surface area contributed by atoms with Crippen LogP contribution in [0.5, 0.6) is 5.88 Å². The molecule has 1 heterocycles. The number of rotatable bonds is 5. The van der Waals surface area contributed by atoms with Crippen molar-refractivity contribution >= 4 is 23.2 Å². The zero-order chi connectivity index (χ0) is 12.8. The molecule has 0 unspecified atom stereocenters. The van der Waals surface area contributed by atoms with Gasteiger partial charge in [-0.1, -0.05) is 41.9 Å². The molecule has 0 radical (unpaired) electrons. The van der Waals surface area contributed by atoms with Gasteiger partial charge in [0.2, 0.25) is 10.4 Å². The second-order valence-electron chi connectivity index (χ2n) is 3.61. The van der Waals surface area contributed by atoms with E-state index in [1.807, 2.05) is 18.2 Å². The lowest BCUT2D eigenvalue weighted by atomic mass is 10.1. The summed E-state index contributed by atoms with van der Waals surface area (Å²) in [7, 11) is 0. The highest BCUT2D eigenvalue weighted by Gasteiger charge is 2.06. The Hall–Kier alpha value is -1.39. The maximum Gasteiger partial charge on any atom is 0.256 e. The molecule has 2 rings (SSSR count). The van der Waals surface area contributed by atoms with E-state index in [0.717, 1.165) is 12.8 Å². The van der Waals surface area contributed by atoms with Crippen LogP contribution in [0.4, 0.5) is 0 Å².